The summed E-state index contributed by atoms with van der Waals surface area (Å²) in [6, 6.07) is 10.5. The molecule has 1 aliphatic rings. The van der Waals surface area contributed by atoms with Crippen LogP contribution in [0.4, 0.5) is 5.69 Å². The van der Waals surface area contributed by atoms with E-state index in [2.05, 4.69) is 42.5 Å². The number of aliphatic imine (C=N–C) groups is 2. The van der Waals surface area contributed by atoms with Crippen molar-refractivity contribution in [2.45, 2.75) is 6.04 Å². The zero-order chi connectivity index (χ0) is 18.5. The van der Waals surface area contributed by atoms with Gasteiger partial charge in [0.15, 0.2) is 17.5 Å². The Morgan fingerprint density at radius 1 is 1.19 bits per heavy atom. The van der Waals surface area contributed by atoms with Crippen LogP contribution >= 0.6 is 12.9 Å². The van der Waals surface area contributed by atoms with E-state index in [0.717, 1.165) is 0 Å². The number of benzene rings is 2. The molecule has 1 atom stereocenters. The number of rotatable bonds is 4. The number of thiol groups is 1. The summed E-state index contributed by atoms with van der Waals surface area (Å²) >= 11 is 3.38. The summed E-state index contributed by atoms with van der Waals surface area (Å²) in [4.78, 5) is 12.5. The molecule has 10 nitrogen and oxygen atoms in total. The fourth-order valence-electron chi connectivity index (χ4n) is 2.18. The standard InChI is InChI=1S/C15H8N6O4S/c16-6-11-12(7-17)19-15(18-11)21-20-14-10-3-2-9(23-24-25-26)5-8(10)1-4-13(14)22/h1-5,11,22,26H. The van der Waals surface area contributed by atoms with Crippen molar-refractivity contribution in [3.05, 3.63) is 30.3 Å². The van der Waals surface area contributed by atoms with Gasteiger partial charge in [-0.3, -0.25) is 0 Å². The Bertz CT molecular complexity index is 1040. The number of fused-ring (bicyclic) bond motifs is 1. The summed E-state index contributed by atoms with van der Waals surface area (Å²) in [5.41, 5.74) is 0.106. The average Bonchev–Trinajstić information content (AvgIpc) is 3.08. The molecule has 0 fully saturated rings. The van der Waals surface area contributed by atoms with Crippen molar-refractivity contribution in [3.8, 4) is 23.6 Å². The number of phenols is 1. The maximum atomic E-state index is 10.1. The second kappa shape index (κ2) is 7.58. The van der Waals surface area contributed by atoms with Gasteiger partial charge in [-0.1, -0.05) is 6.07 Å². The second-order valence-electron chi connectivity index (χ2n) is 4.81. The van der Waals surface area contributed by atoms with Crippen molar-refractivity contribution in [2.75, 3.05) is 0 Å². The third-order valence-corrected chi connectivity index (χ3v) is 3.36. The van der Waals surface area contributed by atoms with Gasteiger partial charge in [0.05, 0.1) is 6.07 Å². The summed E-state index contributed by atoms with van der Waals surface area (Å²) in [6.07, 6.45) is 0. The first kappa shape index (κ1) is 17.3. The molecular formula is C15H8N6O4S. The SMILES string of the molecule is N#CC1=NC(N=Nc2c(O)ccc3cc(OOOS)ccc23)=NC1C#N. The summed E-state index contributed by atoms with van der Waals surface area (Å²) < 4.78 is 4.06. The number of phenolic OH excluding ortho intramolecular Hbond substituents is 1. The van der Waals surface area contributed by atoms with Crippen molar-refractivity contribution in [2.24, 2.45) is 20.2 Å². The molecule has 1 aliphatic heterocycles. The lowest BCUT2D eigenvalue weighted by molar-refractivity contribution is -0.402. The zero-order valence-electron chi connectivity index (χ0n) is 12.8. The molecule has 1 heterocycles. The monoisotopic (exact) mass is 368 g/mol. The van der Waals surface area contributed by atoms with Crippen LogP contribution in [0.25, 0.3) is 10.8 Å². The maximum Gasteiger partial charge on any atom is 0.267 e. The van der Waals surface area contributed by atoms with Gasteiger partial charge >= 0.3 is 0 Å². The molecule has 2 aromatic carbocycles. The number of nitriles is 2. The van der Waals surface area contributed by atoms with E-state index in [1.807, 2.05) is 6.07 Å². The van der Waals surface area contributed by atoms with Gasteiger partial charge in [0.25, 0.3) is 5.96 Å². The number of guanidine groups is 1. The Balaban J connectivity index is 1.95. The Kier molecular flexibility index (Phi) is 5.05. The quantitative estimate of drug-likeness (QED) is 0.279. The molecule has 0 radical (unpaired) electrons. The minimum atomic E-state index is -0.996. The molecule has 0 aromatic heterocycles. The lowest BCUT2D eigenvalue weighted by Gasteiger charge is -2.06. The first-order chi connectivity index (χ1) is 12.7. The van der Waals surface area contributed by atoms with Gasteiger partial charge in [-0.2, -0.15) is 10.5 Å². The Morgan fingerprint density at radius 3 is 2.73 bits per heavy atom. The van der Waals surface area contributed by atoms with E-state index in [-0.39, 0.29) is 23.1 Å². The molecule has 0 aliphatic carbocycles. The molecule has 3 rings (SSSR count). The van der Waals surface area contributed by atoms with Crippen molar-refractivity contribution in [1.29, 1.82) is 10.5 Å². The Morgan fingerprint density at radius 2 is 2.04 bits per heavy atom. The van der Waals surface area contributed by atoms with Crippen molar-refractivity contribution < 1.29 is 19.4 Å². The van der Waals surface area contributed by atoms with E-state index >= 15 is 0 Å². The smallest absolute Gasteiger partial charge is 0.267 e. The van der Waals surface area contributed by atoms with Crippen molar-refractivity contribution in [3.63, 3.8) is 0 Å². The lowest BCUT2D eigenvalue weighted by Crippen LogP contribution is -2.09. The van der Waals surface area contributed by atoms with Crippen LogP contribution in [0.3, 0.4) is 0 Å². The highest BCUT2D eigenvalue weighted by atomic mass is 32.1. The third-order valence-electron chi connectivity index (χ3n) is 3.30. The number of aromatic hydroxyl groups is 1. The van der Waals surface area contributed by atoms with Gasteiger partial charge in [-0.25, -0.2) is 9.98 Å². The molecule has 0 bridgehead atoms. The summed E-state index contributed by atoms with van der Waals surface area (Å²) in [5, 5.41) is 41.1. The van der Waals surface area contributed by atoms with Crippen LogP contribution in [0.15, 0.2) is 50.5 Å². The van der Waals surface area contributed by atoms with E-state index in [0.29, 0.717) is 16.5 Å². The van der Waals surface area contributed by atoms with Crippen LogP contribution in [-0.2, 0) is 9.37 Å². The molecule has 1 unspecified atom stereocenters. The number of azo groups is 1. The fraction of sp³-hybridized carbons (Fsp3) is 0.0667. The second-order valence-corrected chi connectivity index (χ2v) is 4.96. The first-order valence-corrected chi connectivity index (χ1v) is 7.31. The zero-order valence-corrected chi connectivity index (χ0v) is 13.7. The number of hydrogen-bond donors (Lipinski definition) is 2. The molecule has 2 aromatic rings. The van der Waals surface area contributed by atoms with Gasteiger partial charge in [0.1, 0.15) is 17.5 Å². The minimum Gasteiger partial charge on any atom is -0.506 e. The molecule has 1 N–H and O–H groups in total. The van der Waals surface area contributed by atoms with E-state index in [1.54, 1.807) is 30.3 Å². The molecule has 0 saturated carbocycles. The molecule has 0 saturated heterocycles. The highest BCUT2D eigenvalue weighted by Crippen LogP contribution is 2.37. The van der Waals surface area contributed by atoms with Gasteiger partial charge in [0.2, 0.25) is 0 Å². The van der Waals surface area contributed by atoms with Crippen LogP contribution < -0.4 is 4.89 Å². The van der Waals surface area contributed by atoms with Gasteiger partial charge in [-0.15, -0.1) is 14.6 Å². The summed E-state index contributed by atoms with van der Waals surface area (Å²) in [7, 11) is 0. The fourth-order valence-corrected chi connectivity index (χ4v) is 2.22. The normalized spacial score (nSPS) is 16.2. The van der Waals surface area contributed by atoms with Gasteiger partial charge in [-0.05, 0) is 34.7 Å². The number of hydrogen-bond acceptors (Lipinski definition) is 11. The molecule has 11 heteroatoms. The maximum absolute atomic E-state index is 10.1. The predicted molar refractivity (Wildman–Crippen MR) is 91.8 cm³/mol. The largest absolute Gasteiger partial charge is 0.506 e. The van der Waals surface area contributed by atoms with Crippen molar-refractivity contribution in [1.82, 2.24) is 0 Å². The van der Waals surface area contributed by atoms with E-state index in [9.17, 15) is 5.11 Å². The van der Waals surface area contributed by atoms with Crippen LogP contribution in [0.5, 0.6) is 11.5 Å². The van der Waals surface area contributed by atoms with E-state index < -0.39 is 6.04 Å². The van der Waals surface area contributed by atoms with Crippen LogP contribution in [0.1, 0.15) is 0 Å². The summed E-state index contributed by atoms with van der Waals surface area (Å²) in [5.74, 6) is 0.0916. The van der Waals surface area contributed by atoms with Gasteiger partial charge in [0, 0.05) is 18.3 Å². The topological polar surface area (TPSA) is 145 Å². The lowest BCUT2D eigenvalue weighted by atomic mass is 10.1. The highest BCUT2D eigenvalue weighted by molar-refractivity contribution is 7.74. The Hall–Kier alpha value is -3.51. The molecule has 128 valence electrons. The minimum absolute atomic E-state index is 0.0585. The number of nitrogens with zero attached hydrogens (tertiary/aromatic N) is 6. The average molecular weight is 368 g/mol. The van der Waals surface area contributed by atoms with Crippen LogP contribution in [0.2, 0.25) is 0 Å². The predicted octanol–water partition coefficient (Wildman–Crippen LogP) is 2.94. The van der Waals surface area contributed by atoms with E-state index in [1.165, 1.54) is 6.07 Å². The Labute approximate surface area is 151 Å². The molecule has 0 spiro atoms. The van der Waals surface area contributed by atoms with Crippen LogP contribution in [-0.4, -0.2) is 22.8 Å². The first-order valence-electron chi connectivity index (χ1n) is 6.94. The van der Waals surface area contributed by atoms with Crippen LogP contribution in [0, 0.1) is 22.7 Å². The highest BCUT2D eigenvalue weighted by Gasteiger charge is 2.22. The van der Waals surface area contributed by atoms with E-state index in [4.69, 9.17) is 15.4 Å². The van der Waals surface area contributed by atoms with Crippen molar-refractivity contribution >= 4 is 41.0 Å². The summed E-state index contributed by atoms with van der Waals surface area (Å²) in [6.45, 7) is 0. The third kappa shape index (κ3) is 3.45. The van der Waals surface area contributed by atoms with Gasteiger partial charge < -0.3 is 9.99 Å². The molecule has 0 amide bonds. The molecular weight excluding hydrogens is 360 g/mol. The molecule has 26 heavy (non-hydrogen) atoms.